The van der Waals surface area contributed by atoms with E-state index in [0.29, 0.717) is 11.8 Å². The number of guanidine groups is 1. The highest BCUT2D eigenvalue weighted by molar-refractivity contribution is 6.11. The van der Waals surface area contributed by atoms with Gasteiger partial charge in [-0.3, -0.25) is 4.90 Å². The Hall–Kier alpha value is -3.60. The van der Waals surface area contributed by atoms with E-state index >= 15 is 0 Å². The van der Waals surface area contributed by atoms with Gasteiger partial charge in [0.25, 0.3) is 0 Å². The SMILES string of the molecule is C=C1c2cc(-c3ccc(OC)nc3)ccc2N=C(N)N1c1ccccc1. The molecule has 0 unspecified atom stereocenters. The molecule has 128 valence electrons. The van der Waals surface area contributed by atoms with Gasteiger partial charge >= 0.3 is 0 Å². The quantitative estimate of drug-likeness (QED) is 0.775. The fourth-order valence-electron chi connectivity index (χ4n) is 3.01. The zero-order valence-corrected chi connectivity index (χ0v) is 14.4. The van der Waals surface area contributed by atoms with Gasteiger partial charge in [0, 0.05) is 29.1 Å². The molecule has 2 aromatic carbocycles. The first kappa shape index (κ1) is 15.9. The van der Waals surface area contributed by atoms with Crippen molar-refractivity contribution in [2.75, 3.05) is 12.0 Å². The number of nitrogens with two attached hydrogens (primary N) is 1. The van der Waals surface area contributed by atoms with Crippen molar-refractivity contribution in [1.82, 2.24) is 4.98 Å². The molecule has 0 spiro atoms. The van der Waals surface area contributed by atoms with Crippen LogP contribution < -0.4 is 15.4 Å². The van der Waals surface area contributed by atoms with Crippen molar-refractivity contribution in [2.45, 2.75) is 0 Å². The molecule has 5 nitrogen and oxygen atoms in total. The Labute approximate surface area is 152 Å². The number of fused-ring (bicyclic) bond motifs is 1. The van der Waals surface area contributed by atoms with Crippen LogP contribution in [0, 0.1) is 0 Å². The first-order chi connectivity index (χ1) is 12.7. The second kappa shape index (κ2) is 6.37. The van der Waals surface area contributed by atoms with Crippen molar-refractivity contribution in [3.63, 3.8) is 0 Å². The van der Waals surface area contributed by atoms with E-state index in [0.717, 1.165) is 33.8 Å². The second-order valence-corrected chi connectivity index (χ2v) is 5.91. The summed E-state index contributed by atoms with van der Waals surface area (Å²) in [7, 11) is 1.60. The number of para-hydroxylation sites is 1. The van der Waals surface area contributed by atoms with Crippen molar-refractivity contribution in [3.05, 3.63) is 79.0 Å². The highest BCUT2D eigenvalue weighted by atomic mass is 16.5. The maximum absolute atomic E-state index is 6.19. The number of methoxy groups -OCH3 is 1. The number of pyridine rings is 1. The summed E-state index contributed by atoms with van der Waals surface area (Å²) in [6.07, 6.45) is 1.79. The van der Waals surface area contributed by atoms with Crippen LogP contribution in [0.5, 0.6) is 5.88 Å². The molecule has 0 radical (unpaired) electrons. The van der Waals surface area contributed by atoms with Gasteiger partial charge in [0.2, 0.25) is 11.8 Å². The van der Waals surface area contributed by atoms with Crippen molar-refractivity contribution >= 4 is 23.0 Å². The maximum Gasteiger partial charge on any atom is 0.212 e. The second-order valence-electron chi connectivity index (χ2n) is 5.91. The summed E-state index contributed by atoms with van der Waals surface area (Å²) in [6, 6.07) is 19.7. The number of anilines is 1. The summed E-state index contributed by atoms with van der Waals surface area (Å²) in [5.74, 6) is 0.997. The minimum atomic E-state index is 0.410. The van der Waals surface area contributed by atoms with Crippen LogP contribution in [-0.2, 0) is 0 Å². The van der Waals surface area contributed by atoms with Gasteiger partial charge in [0.1, 0.15) is 0 Å². The Balaban J connectivity index is 1.76. The van der Waals surface area contributed by atoms with Crippen molar-refractivity contribution in [3.8, 4) is 17.0 Å². The number of benzene rings is 2. The highest BCUT2D eigenvalue weighted by Crippen LogP contribution is 2.37. The average Bonchev–Trinajstić information content (AvgIpc) is 2.69. The molecule has 0 saturated carbocycles. The molecule has 0 bridgehead atoms. The van der Waals surface area contributed by atoms with Gasteiger partial charge < -0.3 is 10.5 Å². The van der Waals surface area contributed by atoms with Gasteiger partial charge in [-0.25, -0.2) is 9.98 Å². The molecule has 0 atom stereocenters. The summed E-state index contributed by atoms with van der Waals surface area (Å²) in [4.78, 5) is 10.7. The molecule has 0 amide bonds. The van der Waals surface area contributed by atoms with E-state index in [4.69, 9.17) is 10.5 Å². The lowest BCUT2D eigenvalue weighted by Crippen LogP contribution is -2.37. The third-order valence-electron chi connectivity index (χ3n) is 4.33. The fourth-order valence-corrected chi connectivity index (χ4v) is 3.01. The molecule has 2 heterocycles. The molecule has 4 rings (SSSR count). The number of ether oxygens (including phenoxy) is 1. The normalized spacial score (nSPS) is 13.2. The lowest BCUT2D eigenvalue weighted by atomic mass is 10.00. The predicted molar refractivity (Wildman–Crippen MR) is 105 cm³/mol. The van der Waals surface area contributed by atoms with Crippen LogP contribution >= 0.6 is 0 Å². The third-order valence-corrected chi connectivity index (χ3v) is 4.33. The molecular weight excluding hydrogens is 324 g/mol. The number of aromatic nitrogens is 1. The number of hydrogen-bond donors (Lipinski definition) is 1. The van der Waals surface area contributed by atoms with Crippen LogP contribution in [-0.4, -0.2) is 18.1 Å². The molecule has 0 saturated heterocycles. The summed E-state index contributed by atoms with van der Waals surface area (Å²) in [5, 5.41) is 0. The van der Waals surface area contributed by atoms with Crippen LogP contribution in [0.25, 0.3) is 16.8 Å². The van der Waals surface area contributed by atoms with E-state index in [9.17, 15) is 0 Å². The lowest BCUT2D eigenvalue weighted by Gasteiger charge is -2.30. The third kappa shape index (κ3) is 2.69. The molecule has 1 aromatic heterocycles. The molecule has 2 N–H and O–H groups in total. The van der Waals surface area contributed by atoms with Gasteiger partial charge in [-0.1, -0.05) is 30.8 Å². The molecule has 5 heteroatoms. The van der Waals surface area contributed by atoms with Crippen LogP contribution in [0.4, 0.5) is 11.4 Å². The Kier molecular flexibility index (Phi) is 3.89. The molecule has 1 aliphatic heterocycles. The summed E-state index contributed by atoms with van der Waals surface area (Å²) in [5.41, 5.74) is 11.7. The van der Waals surface area contributed by atoms with E-state index in [-0.39, 0.29) is 0 Å². The minimum absolute atomic E-state index is 0.410. The number of aliphatic imine (C=N–C) groups is 1. The first-order valence-corrected chi connectivity index (χ1v) is 8.20. The fraction of sp³-hybridized carbons (Fsp3) is 0.0476. The van der Waals surface area contributed by atoms with Crippen LogP contribution in [0.1, 0.15) is 5.56 Å². The van der Waals surface area contributed by atoms with Gasteiger partial charge in [-0.05, 0) is 35.9 Å². The van der Waals surface area contributed by atoms with Gasteiger partial charge in [-0.2, -0.15) is 0 Å². The molecule has 1 aliphatic rings. The van der Waals surface area contributed by atoms with Crippen molar-refractivity contribution < 1.29 is 4.74 Å². The van der Waals surface area contributed by atoms with E-state index in [1.807, 2.05) is 59.5 Å². The molecule has 3 aromatic rings. The summed E-state index contributed by atoms with van der Waals surface area (Å²) < 4.78 is 5.12. The van der Waals surface area contributed by atoms with E-state index in [1.165, 1.54) is 0 Å². The average molecular weight is 342 g/mol. The Morgan fingerprint density at radius 1 is 1.00 bits per heavy atom. The Bertz CT molecular complexity index is 994. The predicted octanol–water partition coefficient (Wildman–Crippen LogP) is 4.19. The molecule has 0 fully saturated rings. The smallest absolute Gasteiger partial charge is 0.212 e. The Morgan fingerprint density at radius 3 is 2.46 bits per heavy atom. The van der Waals surface area contributed by atoms with Gasteiger partial charge in [0.15, 0.2) is 0 Å². The van der Waals surface area contributed by atoms with Crippen molar-refractivity contribution in [1.29, 1.82) is 0 Å². The monoisotopic (exact) mass is 342 g/mol. The number of rotatable bonds is 3. The standard InChI is InChI=1S/C21H18N4O/c1-14-18-12-15(16-9-11-20(26-2)23-13-16)8-10-19(18)24-21(22)25(14)17-6-4-3-5-7-17/h3-13H,1H2,2H3,(H2,22,24). The first-order valence-electron chi connectivity index (χ1n) is 8.20. The number of hydrogen-bond acceptors (Lipinski definition) is 5. The van der Waals surface area contributed by atoms with Gasteiger partial charge in [-0.15, -0.1) is 0 Å². The lowest BCUT2D eigenvalue weighted by molar-refractivity contribution is 0.398. The van der Waals surface area contributed by atoms with Crippen LogP contribution in [0.3, 0.4) is 0 Å². The Morgan fingerprint density at radius 2 is 1.77 bits per heavy atom. The van der Waals surface area contributed by atoms with Crippen LogP contribution in [0.15, 0.2) is 78.4 Å². The van der Waals surface area contributed by atoms with E-state index < -0.39 is 0 Å². The molecule has 0 aliphatic carbocycles. The maximum atomic E-state index is 6.19. The van der Waals surface area contributed by atoms with Gasteiger partial charge in [0.05, 0.1) is 18.5 Å². The van der Waals surface area contributed by atoms with E-state index in [1.54, 1.807) is 13.3 Å². The zero-order chi connectivity index (χ0) is 18.1. The largest absolute Gasteiger partial charge is 0.481 e. The summed E-state index contributed by atoms with van der Waals surface area (Å²) in [6.45, 7) is 4.26. The van der Waals surface area contributed by atoms with E-state index in [2.05, 4.69) is 22.6 Å². The topological polar surface area (TPSA) is 63.7 Å². The van der Waals surface area contributed by atoms with Crippen LogP contribution in [0.2, 0.25) is 0 Å². The number of nitrogens with zero attached hydrogens (tertiary/aromatic N) is 3. The zero-order valence-electron chi connectivity index (χ0n) is 14.4. The molecular formula is C21H18N4O. The molecule has 26 heavy (non-hydrogen) atoms. The highest BCUT2D eigenvalue weighted by Gasteiger charge is 2.23. The minimum Gasteiger partial charge on any atom is -0.481 e. The summed E-state index contributed by atoms with van der Waals surface area (Å²) >= 11 is 0. The van der Waals surface area contributed by atoms with Crippen molar-refractivity contribution in [2.24, 2.45) is 10.7 Å².